The first-order chi connectivity index (χ1) is 2.00. The van der Waals surface area contributed by atoms with Gasteiger partial charge in [0.2, 0.25) is 0 Å². The van der Waals surface area contributed by atoms with Gasteiger partial charge in [0, 0.05) is 0 Å². The molecular formula is C4H11BrMg. The Morgan fingerprint density at radius 2 is 0.833 bits per heavy atom. The minimum atomic E-state index is 0. The van der Waals surface area contributed by atoms with Gasteiger partial charge in [0.1, 0.15) is 0 Å². The molecule has 0 atom stereocenters. The van der Waals surface area contributed by atoms with E-state index in [1.54, 1.807) is 13.8 Å². The quantitative estimate of drug-likeness (QED) is 0.378. The minimum Gasteiger partial charge on any atom is -0.346 e. The van der Waals surface area contributed by atoms with E-state index in [4.69, 9.17) is 0 Å². The van der Waals surface area contributed by atoms with E-state index in [0.717, 1.165) is 0 Å². The number of hydrogen-bond acceptors (Lipinski definition) is 0. The molecule has 0 heterocycles. The van der Waals surface area contributed by atoms with E-state index in [-0.39, 0.29) is 40.0 Å². The zero-order valence-electron chi connectivity index (χ0n) is 4.53. The molecule has 0 bridgehead atoms. The predicted molar refractivity (Wildman–Crippen MR) is 38.1 cm³/mol. The van der Waals surface area contributed by atoms with Crippen molar-refractivity contribution in [3.05, 3.63) is 13.8 Å². The first-order valence-electron chi connectivity index (χ1n) is 1.41. The molecule has 0 spiro atoms. The normalized spacial score (nSPS) is 2.00. The monoisotopic (exact) mass is 162 g/mol. The molecule has 0 radical (unpaired) electrons. The molecule has 0 aromatic rings. The Hall–Kier alpha value is 1.25. The van der Waals surface area contributed by atoms with Crippen molar-refractivity contribution in [1.82, 2.24) is 0 Å². The summed E-state index contributed by atoms with van der Waals surface area (Å²) in [6.45, 7) is 10.0. The second kappa shape index (κ2) is 111. The van der Waals surface area contributed by atoms with Crippen LogP contribution in [0.2, 0.25) is 0 Å². The minimum absolute atomic E-state index is 0. The molecule has 0 aromatic carbocycles. The first kappa shape index (κ1) is 26.8. The van der Waals surface area contributed by atoms with Crippen molar-refractivity contribution < 1.29 is 0 Å². The average molecular weight is 163 g/mol. The van der Waals surface area contributed by atoms with E-state index >= 15 is 0 Å². The Morgan fingerprint density at radius 1 is 0.833 bits per heavy atom. The van der Waals surface area contributed by atoms with Gasteiger partial charge in [0.25, 0.3) is 0 Å². The summed E-state index contributed by atoms with van der Waals surface area (Å²) in [5.41, 5.74) is 0. The van der Waals surface area contributed by atoms with Gasteiger partial charge in [0.15, 0.2) is 0 Å². The topological polar surface area (TPSA) is 0 Å². The van der Waals surface area contributed by atoms with Crippen molar-refractivity contribution in [1.29, 1.82) is 0 Å². The fourth-order valence-corrected chi connectivity index (χ4v) is 0. The van der Waals surface area contributed by atoms with Gasteiger partial charge < -0.3 is 13.8 Å². The van der Waals surface area contributed by atoms with Crippen LogP contribution >= 0.6 is 17.0 Å². The van der Waals surface area contributed by atoms with Crippen molar-refractivity contribution in [2.75, 3.05) is 0 Å². The summed E-state index contributed by atoms with van der Waals surface area (Å²) in [7, 11) is 0. The third-order valence-electron chi connectivity index (χ3n) is 0. The van der Waals surface area contributed by atoms with Crippen LogP contribution in [0.25, 0.3) is 0 Å². The van der Waals surface area contributed by atoms with Gasteiger partial charge in [-0.2, -0.15) is 13.8 Å². The fourth-order valence-electron chi connectivity index (χ4n) is 0. The largest absolute Gasteiger partial charge is 2.00 e. The molecule has 0 fully saturated rings. The van der Waals surface area contributed by atoms with Gasteiger partial charge in [-0.25, -0.2) is 0 Å². The molecule has 0 saturated carbocycles. The van der Waals surface area contributed by atoms with Crippen LogP contribution in [0.4, 0.5) is 0 Å². The molecule has 0 nitrogen and oxygen atoms in total. The smallest absolute Gasteiger partial charge is 0.346 e. The van der Waals surface area contributed by atoms with Crippen molar-refractivity contribution >= 4 is 40.0 Å². The van der Waals surface area contributed by atoms with Crippen molar-refractivity contribution in [2.24, 2.45) is 0 Å². The Kier molecular flexibility index (Phi) is 495. The van der Waals surface area contributed by atoms with Gasteiger partial charge in [0.05, 0.1) is 0 Å². The number of rotatable bonds is 0. The van der Waals surface area contributed by atoms with Crippen molar-refractivity contribution in [3.8, 4) is 0 Å². The predicted octanol–water partition coefficient (Wildman–Crippen LogP) is 1.88. The summed E-state index contributed by atoms with van der Waals surface area (Å²) >= 11 is 0. The summed E-state index contributed by atoms with van der Waals surface area (Å²) in [6, 6.07) is 0. The molecule has 0 aromatic heterocycles. The van der Waals surface area contributed by atoms with Crippen LogP contribution in [0, 0.1) is 13.8 Å². The third kappa shape index (κ3) is 60.9. The molecule has 0 aliphatic carbocycles. The fraction of sp³-hybridized carbons (Fsp3) is 0.500. The molecule has 0 amide bonds. The first-order valence-corrected chi connectivity index (χ1v) is 1.41. The van der Waals surface area contributed by atoms with E-state index in [2.05, 4.69) is 13.8 Å². The number of halogens is 1. The Morgan fingerprint density at radius 3 is 0.833 bits per heavy atom. The van der Waals surface area contributed by atoms with Crippen molar-refractivity contribution in [2.45, 2.75) is 13.8 Å². The molecular weight excluding hydrogens is 152 g/mol. The molecule has 0 N–H and O–H groups in total. The second-order valence-corrected chi connectivity index (χ2v) is 0. The molecule has 0 saturated heterocycles. The van der Waals surface area contributed by atoms with Crippen molar-refractivity contribution in [3.63, 3.8) is 0 Å². The van der Waals surface area contributed by atoms with E-state index in [1.807, 2.05) is 0 Å². The molecule has 36 valence electrons. The second-order valence-electron chi connectivity index (χ2n) is 0. The molecule has 2 heteroatoms. The van der Waals surface area contributed by atoms with Crippen LogP contribution < -0.4 is 0 Å². The van der Waals surface area contributed by atoms with Gasteiger partial charge in [-0.15, -0.1) is 17.0 Å². The molecule has 0 unspecified atom stereocenters. The van der Waals surface area contributed by atoms with Gasteiger partial charge in [-0.3, -0.25) is 0 Å². The Bertz CT molecular complexity index is 7.51. The zero-order chi connectivity index (χ0) is 4.00. The van der Waals surface area contributed by atoms with Crippen LogP contribution in [0.5, 0.6) is 0 Å². The molecule has 0 aliphatic rings. The van der Waals surface area contributed by atoms with Crippen LogP contribution in [-0.2, 0) is 0 Å². The zero-order valence-corrected chi connectivity index (χ0v) is 7.66. The summed E-state index contributed by atoms with van der Waals surface area (Å²) in [5.74, 6) is 0. The maximum Gasteiger partial charge on any atom is 2.00 e. The summed E-state index contributed by atoms with van der Waals surface area (Å²) in [5, 5.41) is 0. The van der Waals surface area contributed by atoms with Gasteiger partial charge in [-0.1, -0.05) is 0 Å². The summed E-state index contributed by atoms with van der Waals surface area (Å²) in [4.78, 5) is 0. The van der Waals surface area contributed by atoms with E-state index in [0.29, 0.717) is 0 Å². The maximum atomic E-state index is 3.25. The summed E-state index contributed by atoms with van der Waals surface area (Å²) < 4.78 is 0. The van der Waals surface area contributed by atoms with E-state index in [1.165, 1.54) is 0 Å². The standard InChI is InChI=1S/2C2H5.BrH.Mg/c2*1-2;;/h2*1H2,2H3;1H;/q2*-1;;+2. The summed E-state index contributed by atoms with van der Waals surface area (Å²) in [6.07, 6.45) is 0. The van der Waals surface area contributed by atoms with Crippen LogP contribution in [0.3, 0.4) is 0 Å². The van der Waals surface area contributed by atoms with Gasteiger partial charge in [-0.05, 0) is 0 Å². The van der Waals surface area contributed by atoms with Gasteiger partial charge >= 0.3 is 23.1 Å². The Labute approximate surface area is 67.6 Å². The average Bonchev–Trinajstić information content (AvgIpc) is 1.50. The van der Waals surface area contributed by atoms with Crippen LogP contribution in [0.1, 0.15) is 13.8 Å². The maximum absolute atomic E-state index is 3.25. The number of hydrogen-bond donors (Lipinski definition) is 0. The Balaban J connectivity index is -0.00000000500. The SMILES string of the molecule is Br.[CH2-]C.[CH2-]C.[Mg+2]. The van der Waals surface area contributed by atoms with Crippen LogP contribution in [0.15, 0.2) is 0 Å². The third-order valence-corrected chi connectivity index (χ3v) is 0. The van der Waals surface area contributed by atoms with E-state index < -0.39 is 0 Å². The molecule has 6 heavy (non-hydrogen) atoms. The van der Waals surface area contributed by atoms with E-state index in [9.17, 15) is 0 Å². The molecule has 0 rings (SSSR count). The van der Waals surface area contributed by atoms with Crippen LogP contribution in [-0.4, -0.2) is 23.1 Å². The molecule has 0 aliphatic heterocycles.